The minimum Gasteiger partial charge on any atom is -0.457 e. The van der Waals surface area contributed by atoms with Gasteiger partial charge in [0, 0.05) is 18.0 Å². The third-order valence-electron chi connectivity index (χ3n) is 3.49. The summed E-state index contributed by atoms with van der Waals surface area (Å²) in [5.41, 5.74) is 0.935. The lowest BCUT2D eigenvalue weighted by atomic mass is 10.0. The molecule has 2 atom stereocenters. The number of hydrogen-bond donors (Lipinski definition) is 0. The Bertz CT molecular complexity index is 394. The van der Waals surface area contributed by atoms with E-state index in [9.17, 15) is 4.79 Å². The number of carbonyl (C=O) groups excluding carboxylic acids is 1. The van der Waals surface area contributed by atoms with Crippen LogP contribution in [0, 0.1) is 0 Å². The molecule has 0 bridgehead atoms. The van der Waals surface area contributed by atoms with Crippen LogP contribution in [0.3, 0.4) is 0 Å². The Morgan fingerprint density at radius 1 is 1.56 bits per heavy atom. The van der Waals surface area contributed by atoms with Crippen LogP contribution in [0.4, 0.5) is 0 Å². The van der Waals surface area contributed by atoms with Gasteiger partial charge in [0.15, 0.2) is 0 Å². The molecule has 0 radical (unpaired) electrons. The fourth-order valence-corrected chi connectivity index (χ4v) is 2.31. The van der Waals surface area contributed by atoms with Gasteiger partial charge in [0.2, 0.25) is 0 Å². The van der Waals surface area contributed by atoms with E-state index < -0.39 is 0 Å². The van der Waals surface area contributed by atoms with E-state index in [-0.39, 0.29) is 18.1 Å². The first-order chi connectivity index (χ1) is 8.68. The van der Waals surface area contributed by atoms with Crippen molar-refractivity contribution in [2.75, 3.05) is 13.6 Å². The second-order valence-electron chi connectivity index (χ2n) is 4.86. The summed E-state index contributed by atoms with van der Waals surface area (Å²) in [5.74, 6) is -0.117. The molecule has 98 valence electrons. The van der Waals surface area contributed by atoms with Gasteiger partial charge in [-0.1, -0.05) is 12.5 Å². The molecule has 18 heavy (non-hydrogen) atoms. The highest BCUT2D eigenvalue weighted by Gasteiger charge is 2.28. The first kappa shape index (κ1) is 13.0. The van der Waals surface area contributed by atoms with Crippen molar-refractivity contribution in [1.29, 1.82) is 0 Å². The molecule has 0 spiro atoms. The first-order valence-electron chi connectivity index (χ1n) is 6.49. The van der Waals surface area contributed by atoms with Crippen molar-refractivity contribution in [2.45, 2.75) is 38.3 Å². The molecule has 0 N–H and O–H groups in total. The summed E-state index contributed by atoms with van der Waals surface area (Å²) in [5, 5.41) is 0. The second-order valence-corrected chi connectivity index (χ2v) is 4.86. The average Bonchev–Trinajstić information content (AvgIpc) is 2.40. The molecule has 1 fully saturated rings. The highest BCUT2D eigenvalue weighted by Crippen LogP contribution is 2.21. The van der Waals surface area contributed by atoms with Crippen LogP contribution in [0.5, 0.6) is 0 Å². The van der Waals surface area contributed by atoms with Crippen LogP contribution in [0.2, 0.25) is 0 Å². The number of aromatic nitrogens is 1. The second kappa shape index (κ2) is 5.96. The van der Waals surface area contributed by atoms with Gasteiger partial charge in [-0.2, -0.15) is 0 Å². The van der Waals surface area contributed by atoms with E-state index in [0.29, 0.717) is 0 Å². The van der Waals surface area contributed by atoms with Crippen LogP contribution < -0.4 is 0 Å². The van der Waals surface area contributed by atoms with Gasteiger partial charge in [0.1, 0.15) is 12.1 Å². The number of hydrogen-bond acceptors (Lipinski definition) is 4. The smallest absolute Gasteiger partial charge is 0.323 e. The largest absolute Gasteiger partial charge is 0.457 e. The summed E-state index contributed by atoms with van der Waals surface area (Å²) in [6, 6.07) is 3.69. The number of likely N-dealkylation sites (N-methyl/N-ethyl adjacent to an activating group) is 1. The number of rotatable bonds is 3. The van der Waals surface area contributed by atoms with E-state index in [4.69, 9.17) is 4.74 Å². The quantitative estimate of drug-likeness (QED) is 0.769. The molecule has 1 aliphatic rings. The Labute approximate surface area is 108 Å². The molecule has 1 aliphatic heterocycles. The van der Waals surface area contributed by atoms with E-state index in [0.717, 1.165) is 24.9 Å². The van der Waals surface area contributed by atoms with Gasteiger partial charge < -0.3 is 4.74 Å². The van der Waals surface area contributed by atoms with Crippen LogP contribution in [0.25, 0.3) is 0 Å². The summed E-state index contributed by atoms with van der Waals surface area (Å²) in [6.07, 6.45) is 6.38. The number of nitrogens with zero attached hydrogens (tertiary/aromatic N) is 2. The predicted molar refractivity (Wildman–Crippen MR) is 69.0 cm³/mol. The van der Waals surface area contributed by atoms with Gasteiger partial charge in [-0.25, -0.2) is 0 Å². The number of ether oxygens (including phenoxy) is 1. The van der Waals surface area contributed by atoms with E-state index in [1.165, 1.54) is 6.42 Å². The lowest BCUT2D eigenvalue weighted by Crippen LogP contribution is -2.43. The van der Waals surface area contributed by atoms with Crippen molar-refractivity contribution < 1.29 is 9.53 Å². The number of carbonyl (C=O) groups is 1. The molecule has 4 heteroatoms. The molecule has 2 rings (SSSR count). The van der Waals surface area contributed by atoms with Gasteiger partial charge in [-0.05, 0) is 39.4 Å². The normalized spacial score (nSPS) is 22.4. The molecule has 1 saturated heterocycles. The first-order valence-corrected chi connectivity index (χ1v) is 6.49. The van der Waals surface area contributed by atoms with E-state index >= 15 is 0 Å². The molecule has 0 aliphatic carbocycles. The van der Waals surface area contributed by atoms with Gasteiger partial charge in [0.25, 0.3) is 0 Å². The number of piperidine rings is 1. The zero-order chi connectivity index (χ0) is 13.0. The summed E-state index contributed by atoms with van der Waals surface area (Å²) in [4.78, 5) is 18.2. The van der Waals surface area contributed by atoms with Crippen LogP contribution >= 0.6 is 0 Å². The van der Waals surface area contributed by atoms with Crippen LogP contribution in [-0.2, 0) is 9.53 Å². The molecule has 1 aromatic heterocycles. The standard InChI is InChI=1S/C14H20N2O2/c1-11(12-6-5-8-15-10-12)18-14(17)13-7-3-4-9-16(13)2/h5-6,8,10-11,13H,3-4,7,9H2,1-2H3/t11-,13-/m1/s1. The highest BCUT2D eigenvalue weighted by atomic mass is 16.5. The Morgan fingerprint density at radius 3 is 3.06 bits per heavy atom. The van der Waals surface area contributed by atoms with Crippen molar-refractivity contribution in [3.63, 3.8) is 0 Å². The maximum absolute atomic E-state index is 12.1. The predicted octanol–water partition coefficient (Wildman–Crippen LogP) is 2.17. The lowest BCUT2D eigenvalue weighted by Gasteiger charge is -2.31. The lowest BCUT2D eigenvalue weighted by molar-refractivity contribution is -0.155. The molecule has 2 heterocycles. The van der Waals surface area contributed by atoms with Crippen LogP contribution in [-0.4, -0.2) is 35.5 Å². The fourth-order valence-electron chi connectivity index (χ4n) is 2.31. The monoisotopic (exact) mass is 248 g/mol. The van der Waals surface area contributed by atoms with E-state index in [1.54, 1.807) is 12.4 Å². The number of esters is 1. The zero-order valence-electron chi connectivity index (χ0n) is 11.0. The third-order valence-corrected chi connectivity index (χ3v) is 3.49. The maximum atomic E-state index is 12.1. The zero-order valence-corrected chi connectivity index (χ0v) is 11.0. The van der Waals surface area contributed by atoms with Gasteiger partial charge in [-0.3, -0.25) is 14.7 Å². The summed E-state index contributed by atoms with van der Waals surface area (Å²) >= 11 is 0. The van der Waals surface area contributed by atoms with Gasteiger partial charge in [-0.15, -0.1) is 0 Å². The maximum Gasteiger partial charge on any atom is 0.323 e. The molecule has 0 aromatic carbocycles. The topological polar surface area (TPSA) is 42.4 Å². The molecular weight excluding hydrogens is 228 g/mol. The van der Waals surface area contributed by atoms with Crippen molar-refractivity contribution in [2.24, 2.45) is 0 Å². The SMILES string of the molecule is C[C@@H](OC(=O)[C@H]1CCCCN1C)c1cccnc1. The van der Waals surface area contributed by atoms with Crippen molar-refractivity contribution >= 4 is 5.97 Å². The van der Waals surface area contributed by atoms with Gasteiger partial charge in [0.05, 0.1) is 0 Å². The minimum absolute atomic E-state index is 0.0853. The molecule has 1 aromatic rings. The Morgan fingerprint density at radius 2 is 2.39 bits per heavy atom. The van der Waals surface area contributed by atoms with E-state index in [2.05, 4.69) is 9.88 Å². The molecule has 4 nitrogen and oxygen atoms in total. The van der Waals surface area contributed by atoms with E-state index in [1.807, 2.05) is 26.1 Å². The molecule has 0 unspecified atom stereocenters. The summed E-state index contributed by atoms with van der Waals surface area (Å²) in [7, 11) is 1.99. The van der Waals surface area contributed by atoms with Crippen molar-refractivity contribution in [1.82, 2.24) is 9.88 Å². The van der Waals surface area contributed by atoms with Gasteiger partial charge >= 0.3 is 5.97 Å². The number of likely N-dealkylation sites (tertiary alicyclic amines) is 1. The fraction of sp³-hybridized carbons (Fsp3) is 0.571. The molecular formula is C14H20N2O2. The minimum atomic E-state index is -0.235. The van der Waals surface area contributed by atoms with Crippen LogP contribution in [0.1, 0.15) is 37.9 Å². The Balaban J connectivity index is 1.94. The van der Waals surface area contributed by atoms with Crippen molar-refractivity contribution in [3.05, 3.63) is 30.1 Å². The average molecular weight is 248 g/mol. The van der Waals surface area contributed by atoms with Crippen LogP contribution in [0.15, 0.2) is 24.5 Å². The summed E-state index contributed by atoms with van der Waals surface area (Å²) in [6.45, 7) is 2.86. The summed E-state index contributed by atoms with van der Waals surface area (Å²) < 4.78 is 5.53. The molecule has 0 amide bonds. The Kier molecular flexibility index (Phi) is 4.31. The third kappa shape index (κ3) is 3.07. The Hall–Kier alpha value is -1.42. The van der Waals surface area contributed by atoms with Crippen molar-refractivity contribution in [3.8, 4) is 0 Å². The number of pyridine rings is 1. The molecule has 0 saturated carbocycles. The highest BCUT2D eigenvalue weighted by molar-refractivity contribution is 5.76.